The molecule has 0 atom stereocenters. The lowest BCUT2D eigenvalue weighted by Crippen LogP contribution is -1.85. The van der Waals surface area contributed by atoms with Gasteiger partial charge in [-0.3, -0.25) is 0 Å². The van der Waals surface area contributed by atoms with Crippen LogP contribution in [0.25, 0.3) is 0 Å². The Hall–Kier alpha value is -0.0400. The standard InChI is InChI=1S/C8H18.C5H12.2C2H6.H2O.H2/c1-4-5-6-7-8(2)3;1-3-5-4-2;2*1-2;;/h8H,4-7H2,1-3H3;3-5H2,1-2H3;2*1-2H3;1H2;1H. The van der Waals surface area contributed by atoms with E-state index >= 15 is 0 Å². The Morgan fingerprint density at radius 3 is 1.17 bits per heavy atom. The van der Waals surface area contributed by atoms with E-state index in [0.717, 1.165) is 5.92 Å². The van der Waals surface area contributed by atoms with E-state index in [-0.39, 0.29) is 6.90 Å². The average Bonchev–Trinajstić information content (AvgIpc) is 2.36. The van der Waals surface area contributed by atoms with Crippen LogP contribution in [0, 0.1) is 5.92 Å². The maximum atomic E-state index is 2.29. The molecule has 1 nitrogen and oxygen atoms in total. The molecule has 0 aromatic heterocycles. The van der Waals surface area contributed by atoms with Gasteiger partial charge in [0.1, 0.15) is 0 Å². The van der Waals surface area contributed by atoms with E-state index in [0.29, 0.717) is 0 Å². The molecular weight excluding hydrogens is 220 g/mol. The van der Waals surface area contributed by atoms with E-state index in [1.807, 2.05) is 27.7 Å². The predicted molar refractivity (Wildman–Crippen MR) is 92.6 cm³/mol. The van der Waals surface area contributed by atoms with Gasteiger partial charge in [0, 0.05) is 1.43 Å². The van der Waals surface area contributed by atoms with Crippen molar-refractivity contribution in [2.75, 3.05) is 0 Å². The zero-order valence-electron chi connectivity index (χ0n) is 15.0. The summed E-state index contributed by atoms with van der Waals surface area (Å²) >= 11 is 0. The normalized spacial score (nSPS) is 7.67. The van der Waals surface area contributed by atoms with Gasteiger partial charge in [-0.25, -0.2) is 0 Å². The van der Waals surface area contributed by atoms with Crippen LogP contribution < -0.4 is 0 Å². The summed E-state index contributed by atoms with van der Waals surface area (Å²) in [6.45, 7) is 19.2. The van der Waals surface area contributed by atoms with E-state index < -0.39 is 0 Å². The zero-order chi connectivity index (χ0) is 14.5. The molecule has 0 unspecified atom stereocenters. The third-order valence-electron chi connectivity index (χ3n) is 2.09. The highest BCUT2D eigenvalue weighted by Crippen LogP contribution is 2.06. The van der Waals surface area contributed by atoms with Crippen LogP contribution in [-0.4, -0.2) is 5.48 Å². The van der Waals surface area contributed by atoms with Gasteiger partial charge < -0.3 is 5.48 Å². The molecule has 0 bridgehead atoms. The van der Waals surface area contributed by atoms with Gasteiger partial charge >= 0.3 is 0 Å². The Bertz CT molecular complexity index is 73.7. The van der Waals surface area contributed by atoms with Gasteiger partial charge in [0.2, 0.25) is 0 Å². The maximum absolute atomic E-state index is 2.29. The van der Waals surface area contributed by atoms with Crippen LogP contribution in [-0.2, 0) is 0 Å². The van der Waals surface area contributed by atoms with Gasteiger partial charge in [-0.2, -0.15) is 0 Å². The van der Waals surface area contributed by atoms with E-state index in [9.17, 15) is 0 Å². The predicted octanol–water partition coefficient (Wildman–Crippen LogP) is 6.89. The van der Waals surface area contributed by atoms with Crippen molar-refractivity contribution < 1.29 is 6.90 Å². The first-order chi connectivity index (χ1) is 8.18. The summed E-state index contributed by atoms with van der Waals surface area (Å²) in [5, 5.41) is 0. The Labute approximate surface area is 121 Å². The molecule has 0 radical (unpaired) electrons. The SMILES string of the molecule is CC.CC.CCCCC.CCCCCC(C)C.O.[HH]. The van der Waals surface area contributed by atoms with Gasteiger partial charge in [0.25, 0.3) is 0 Å². The zero-order valence-corrected chi connectivity index (χ0v) is 15.0. The van der Waals surface area contributed by atoms with Gasteiger partial charge in [0.15, 0.2) is 0 Å². The van der Waals surface area contributed by atoms with E-state index in [1.54, 1.807) is 0 Å². The van der Waals surface area contributed by atoms with Crippen LogP contribution in [0.1, 0.15) is 109 Å². The molecule has 0 spiro atoms. The monoisotopic (exact) mass is 266 g/mol. The summed E-state index contributed by atoms with van der Waals surface area (Å²) in [5.41, 5.74) is 0. The molecule has 0 rings (SSSR count). The topological polar surface area (TPSA) is 31.5 Å². The summed E-state index contributed by atoms with van der Waals surface area (Å²) in [6, 6.07) is 0. The molecule has 1 heteroatoms. The van der Waals surface area contributed by atoms with Crippen LogP contribution in [0.3, 0.4) is 0 Å². The fourth-order valence-corrected chi connectivity index (χ4v) is 1.16. The molecule has 0 aliphatic heterocycles. The Morgan fingerprint density at radius 2 is 1.00 bits per heavy atom. The molecule has 0 fully saturated rings. The summed E-state index contributed by atoms with van der Waals surface area (Å²) in [5.74, 6) is 0.904. The minimum Gasteiger partial charge on any atom is -0.412 e. The van der Waals surface area contributed by atoms with Crippen LogP contribution in [0.4, 0.5) is 0 Å². The molecule has 0 aromatic carbocycles. The minimum absolute atomic E-state index is 0. The average molecular weight is 267 g/mol. The highest BCUT2D eigenvalue weighted by atomic mass is 16.0. The number of hydrogen-bond donors (Lipinski definition) is 0. The molecular formula is C17H46O. The maximum Gasteiger partial charge on any atom is 0 e. The van der Waals surface area contributed by atoms with Crippen molar-refractivity contribution in [2.45, 2.75) is 107 Å². The second-order valence-corrected chi connectivity index (χ2v) is 4.24. The van der Waals surface area contributed by atoms with Gasteiger partial charge in [0.05, 0.1) is 0 Å². The van der Waals surface area contributed by atoms with Crippen LogP contribution in [0.15, 0.2) is 0 Å². The molecule has 0 amide bonds. The highest BCUT2D eigenvalue weighted by molar-refractivity contribution is 4.44. The van der Waals surface area contributed by atoms with Crippen LogP contribution in [0.2, 0.25) is 0 Å². The lowest BCUT2D eigenvalue weighted by Gasteiger charge is -2.00. The van der Waals surface area contributed by atoms with Gasteiger partial charge in [-0.1, -0.05) is 107 Å². The Kier molecular flexibility index (Phi) is 74.4. The largest absolute Gasteiger partial charge is 0.412 e. The van der Waals surface area contributed by atoms with Crippen LogP contribution >= 0.6 is 0 Å². The first kappa shape index (κ1) is 30.8. The molecule has 0 aliphatic rings. The first-order valence-corrected chi connectivity index (χ1v) is 8.18. The van der Waals surface area contributed by atoms with E-state index in [4.69, 9.17) is 0 Å². The minimum atomic E-state index is 0. The smallest absolute Gasteiger partial charge is 0 e. The molecule has 0 aromatic rings. The summed E-state index contributed by atoms with van der Waals surface area (Å²) in [7, 11) is 0. The number of hydrogen-bond acceptors (Lipinski definition) is 0. The molecule has 2 N–H and O–H groups in total. The van der Waals surface area contributed by atoms with Crippen molar-refractivity contribution in [3.05, 3.63) is 0 Å². The van der Waals surface area contributed by atoms with Crippen molar-refractivity contribution >= 4 is 0 Å². The Balaban J connectivity index is -0.0000000338. The number of rotatable bonds is 6. The highest BCUT2D eigenvalue weighted by Gasteiger charge is 1.90. The molecule has 0 saturated carbocycles. The lowest BCUT2D eigenvalue weighted by molar-refractivity contribution is 0.534. The van der Waals surface area contributed by atoms with Gasteiger partial charge in [-0.15, -0.1) is 0 Å². The second-order valence-electron chi connectivity index (χ2n) is 4.24. The van der Waals surface area contributed by atoms with E-state index in [2.05, 4.69) is 34.6 Å². The van der Waals surface area contributed by atoms with Crippen molar-refractivity contribution in [2.24, 2.45) is 5.92 Å². The lowest BCUT2D eigenvalue weighted by atomic mass is 10.1. The molecule has 0 saturated heterocycles. The second kappa shape index (κ2) is 43.5. The van der Waals surface area contributed by atoms with Crippen molar-refractivity contribution in [3.63, 3.8) is 0 Å². The summed E-state index contributed by atoms with van der Waals surface area (Å²) in [6.07, 6.45) is 9.68. The summed E-state index contributed by atoms with van der Waals surface area (Å²) < 4.78 is 0. The third-order valence-corrected chi connectivity index (χ3v) is 2.09. The van der Waals surface area contributed by atoms with Crippen LogP contribution in [0.5, 0.6) is 0 Å². The van der Waals surface area contributed by atoms with Crippen molar-refractivity contribution in [3.8, 4) is 0 Å². The number of unbranched alkanes of at least 4 members (excludes halogenated alkanes) is 4. The van der Waals surface area contributed by atoms with Crippen molar-refractivity contribution in [1.82, 2.24) is 0 Å². The fourth-order valence-electron chi connectivity index (χ4n) is 1.16. The fraction of sp³-hybridized carbons (Fsp3) is 1.00. The molecule has 120 valence electrons. The van der Waals surface area contributed by atoms with Gasteiger partial charge in [-0.05, 0) is 5.92 Å². The third kappa shape index (κ3) is 73.7. The van der Waals surface area contributed by atoms with Crippen molar-refractivity contribution in [1.29, 1.82) is 0 Å². The molecule has 0 heterocycles. The molecule has 0 aliphatic carbocycles. The quantitative estimate of drug-likeness (QED) is 0.469. The first-order valence-electron chi connectivity index (χ1n) is 8.18. The molecule has 18 heavy (non-hydrogen) atoms. The van der Waals surface area contributed by atoms with E-state index in [1.165, 1.54) is 44.9 Å². The Morgan fingerprint density at radius 1 is 0.667 bits per heavy atom. The summed E-state index contributed by atoms with van der Waals surface area (Å²) in [4.78, 5) is 0.